The third-order valence-corrected chi connectivity index (χ3v) is 4.55. The Kier molecular flexibility index (Phi) is 6.17. The number of hydrogen-bond acceptors (Lipinski definition) is 3. The van der Waals surface area contributed by atoms with Gasteiger partial charge in [0.25, 0.3) is 0 Å². The molecule has 0 aliphatic rings. The summed E-state index contributed by atoms with van der Waals surface area (Å²) in [6, 6.07) is 3.64. The van der Waals surface area contributed by atoms with Gasteiger partial charge in [-0.05, 0) is 15.9 Å². The van der Waals surface area contributed by atoms with Gasteiger partial charge < -0.3 is 4.74 Å². The molecule has 0 amide bonds. The van der Waals surface area contributed by atoms with Crippen LogP contribution in [0.25, 0.3) is 10.7 Å². The van der Waals surface area contributed by atoms with E-state index in [1.165, 1.54) is 6.20 Å². The predicted molar refractivity (Wildman–Crippen MR) is 92.5 cm³/mol. The van der Waals surface area contributed by atoms with Gasteiger partial charge in [0.2, 0.25) is 0 Å². The van der Waals surface area contributed by atoms with Crippen LogP contribution in [0.1, 0.15) is 11.3 Å². The van der Waals surface area contributed by atoms with Crippen LogP contribution in [0.4, 0.5) is 13.2 Å². The molecule has 0 aliphatic carbocycles. The standard InChI is InChI=1S/C13H3BrCl4F3N3O/c14-12(18)10(17)6-4-24(23-9(6)3-22)11-7(15)1-5(2-8(11)16)25-13(19,20)21/h1-2,4H. The topological polar surface area (TPSA) is 50.8 Å². The summed E-state index contributed by atoms with van der Waals surface area (Å²) >= 11 is 26.7. The van der Waals surface area contributed by atoms with Crippen LogP contribution in [0.5, 0.6) is 5.75 Å². The quantitative estimate of drug-likeness (QED) is 0.492. The van der Waals surface area contributed by atoms with Gasteiger partial charge in [0.15, 0.2) is 5.69 Å². The van der Waals surface area contributed by atoms with Crippen molar-refractivity contribution in [3.05, 3.63) is 43.6 Å². The molecule has 12 heteroatoms. The summed E-state index contributed by atoms with van der Waals surface area (Å²) in [5, 5.41) is 12.7. The van der Waals surface area contributed by atoms with Crippen LogP contribution in [-0.2, 0) is 0 Å². The average Bonchev–Trinajstić information content (AvgIpc) is 2.87. The number of hydrogen-bond donors (Lipinski definition) is 0. The normalized spacial score (nSPS) is 12.6. The van der Waals surface area contributed by atoms with Crippen molar-refractivity contribution in [1.82, 2.24) is 9.78 Å². The van der Waals surface area contributed by atoms with Crippen LogP contribution >= 0.6 is 62.3 Å². The van der Waals surface area contributed by atoms with Crippen molar-refractivity contribution in [1.29, 1.82) is 5.26 Å². The van der Waals surface area contributed by atoms with Gasteiger partial charge in [0.1, 0.15) is 21.4 Å². The van der Waals surface area contributed by atoms with Crippen molar-refractivity contribution in [3.8, 4) is 17.5 Å². The number of nitrogens with zero attached hydrogens (tertiary/aromatic N) is 3. The van der Waals surface area contributed by atoms with Crippen LogP contribution in [0.3, 0.4) is 0 Å². The zero-order chi connectivity index (χ0) is 18.9. The van der Waals surface area contributed by atoms with Crippen LogP contribution in [0, 0.1) is 11.3 Å². The second-order valence-corrected chi connectivity index (χ2v) is 7.13. The van der Waals surface area contributed by atoms with Crippen LogP contribution < -0.4 is 4.74 Å². The zero-order valence-electron chi connectivity index (χ0n) is 11.5. The molecule has 132 valence electrons. The van der Waals surface area contributed by atoms with E-state index in [0.29, 0.717) is 0 Å². The fraction of sp³-hybridized carbons (Fsp3) is 0.0769. The molecule has 0 aliphatic heterocycles. The van der Waals surface area contributed by atoms with Crippen LogP contribution in [-0.4, -0.2) is 16.1 Å². The molecule has 4 nitrogen and oxygen atoms in total. The molecule has 0 unspecified atom stereocenters. The van der Waals surface area contributed by atoms with E-state index in [2.05, 4.69) is 25.8 Å². The van der Waals surface area contributed by atoms with E-state index in [9.17, 15) is 13.2 Å². The number of rotatable bonds is 3. The number of halogens is 8. The average molecular weight is 496 g/mol. The first-order chi connectivity index (χ1) is 11.5. The van der Waals surface area contributed by atoms with Crippen molar-refractivity contribution >= 4 is 67.4 Å². The highest BCUT2D eigenvalue weighted by Crippen LogP contribution is 2.37. The third kappa shape index (κ3) is 4.74. The molecule has 0 saturated carbocycles. The van der Waals surface area contributed by atoms with Crippen molar-refractivity contribution in [2.24, 2.45) is 0 Å². The van der Waals surface area contributed by atoms with Gasteiger partial charge in [-0.3, -0.25) is 0 Å². The number of ether oxygens (including phenoxy) is 1. The second-order valence-electron chi connectivity index (χ2n) is 4.31. The number of aromatic nitrogens is 2. The lowest BCUT2D eigenvalue weighted by atomic mass is 10.2. The molecule has 0 fully saturated rings. The van der Waals surface area contributed by atoms with E-state index in [1.807, 2.05) is 6.07 Å². The monoisotopic (exact) mass is 493 g/mol. The SMILES string of the molecule is N#Cc1nn(-c2c(Cl)cc(OC(F)(F)F)cc2Cl)cc1C(Cl)=C(Cl)Br. The van der Waals surface area contributed by atoms with Crippen molar-refractivity contribution in [2.45, 2.75) is 6.36 Å². The number of nitriles is 1. The van der Waals surface area contributed by atoms with Gasteiger partial charge in [-0.2, -0.15) is 10.4 Å². The molecule has 1 aromatic heterocycles. The van der Waals surface area contributed by atoms with Crippen LogP contribution in [0.15, 0.2) is 22.3 Å². The van der Waals surface area contributed by atoms with Gasteiger partial charge in [-0.15, -0.1) is 13.2 Å². The van der Waals surface area contributed by atoms with E-state index in [1.54, 1.807) is 0 Å². The van der Waals surface area contributed by atoms with E-state index in [-0.39, 0.29) is 36.0 Å². The first-order valence-electron chi connectivity index (χ1n) is 5.99. The lowest BCUT2D eigenvalue weighted by molar-refractivity contribution is -0.274. The molecule has 1 aromatic carbocycles. The van der Waals surface area contributed by atoms with Crippen LogP contribution in [0.2, 0.25) is 10.0 Å². The summed E-state index contributed by atoms with van der Waals surface area (Å²) in [5.41, 5.74) is 0.120. The van der Waals surface area contributed by atoms with E-state index >= 15 is 0 Å². The lowest BCUT2D eigenvalue weighted by Gasteiger charge is -2.12. The molecular weight excluding hydrogens is 493 g/mol. The lowest BCUT2D eigenvalue weighted by Crippen LogP contribution is -2.17. The first kappa shape index (κ1) is 20.2. The molecular formula is C13H3BrCl4F3N3O. The molecule has 1 heterocycles. The maximum absolute atomic E-state index is 12.3. The summed E-state index contributed by atoms with van der Waals surface area (Å²) < 4.78 is 41.8. The summed E-state index contributed by atoms with van der Waals surface area (Å²) in [6.07, 6.45) is -3.59. The highest BCUT2D eigenvalue weighted by Gasteiger charge is 2.32. The minimum absolute atomic E-state index is 0.00809. The molecule has 0 bridgehead atoms. The Morgan fingerprint density at radius 2 is 1.80 bits per heavy atom. The largest absolute Gasteiger partial charge is 0.573 e. The summed E-state index contributed by atoms with van der Waals surface area (Å²) in [6.45, 7) is 0. The predicted octanol–water partition coefficient (Wildman–Crippen LogP) is 6.45. The first-order valence-corrected chi connectivity index (χ1v) is 8.30. The Bertz CT molecular complexity index is 878. The summed E-state index contributed by atoms with van der Waals surface area (Å²) in [7, 11) is 0. The number of benzene rings is 1. The summed E-state index contributed by atoms with van der Waals surface area (Å²) in [5.74, 6) is -0.597. The maximum Gasteiger partial charge on any atom is 0.573 e. The second kappa shape index (κ2) is 7.64. The van der Waals surface area contributed by atoms with Gasteiger partial charge in [0.05, 0.1) is 20.6 Å². The Labute approximate surface area is 167 Å². The molecule has 2 aromatic rings. The van der Waals surface area contributed by atoms with Crippen molar-refractivity contribution < 1.29 is 17.9 Å². The Hall–Kier alpha value is -1.11. The third-order valence-electron chi connectivity index (χ3n) is 2.68. The van der Waals surface area contributed by atoms with E-state index in [4.69, 9.17) is 51.7 Å². The molecule has 0 radical (unpaired) electrons. The van der Waals surface area contributed by atoms with Gasteiger partial charge in [-0.1, -0.05) is 46.4 Å². The van der Waals surface area contributed by atoms with Crippen molar-refractivity contribution in [3.63, 3.8) is 0 Å². The Morgan fingerprint density at radius 3 is 2.24 bits per heavy atom. The Morgan fingerprint density at radius 1 is 1.24 bits per heavy atom. The highest BCUT2D eigenvalue weighted by molar-refractivity contribution is 9.12. The van der Waals surface area contributed by atoms with E-state index < -0.39 is 12.1 Å². The fourth-order valence-corrected chi connectivity index (χ4v) is 2.88. The molecule has 25 heavy (non-hydrogen) atoms. The number of alkyl halides is 3. The van der Waals surface area contributed by atoms with E-state index in [0.717, 1.165) is 16.8 Å². The minimum Gasteiger partial charge on any atom is -0.406 e. The van der Waals surface area contributed by atoms with Gasteiger partial charge in [-0.25, -0.2) is 4.68 Å². The fourth-order valence-electron chi connectivity index (χ4n) is 1.79. The van der Waals surface area contributed by atoms with Crippen molar-refractivity contribution in [2.75, 3.05) is 0 Å². The molecule has 0 spiro atoms. The summed E-state index contributed by atoms with van der Waals surface area (Å²) in [4.78, 5) is 0. The molecule has 2 rings (SSSR count). The van der Waals surface area contributed by atoms with Gasteiger partial charge in [0, 0.05) is 18.3 Å². The zero-order valence-corrected chi connectivity index (χ0v) is 16.1. The maximum atomic E-state index is 12.3. The molecule has 0 saturated heterocycles. The smallest absolute Gasteiger partial charge is 0.406 e. The van der Waals surface area contributed by atoms with Gasteiger partial charge >= 0.3 is 6.36 Å². The highest BCUT2D eigenvalue weighted by atomic mass is 79.9. The Balaban J connectivity index is 2.57. The molecule has 0 atom stereocenters. The molecule has 0 N–H and O–H groups in total. The minimum atomic E-state index is -4.90.